The van der Waals surface area contributed by atoms with Crippen molar-refractivity contribution < 1.29 is 29.1 Å². The second-order valence-corrected chi connectivity index (χ2v) is 12.3. The number of ketones is 4. The number of carboxylic acid groups (broad SMARTS) is 1. The molecule has 180 valence electrons. The van der Waals surface area contributed by atoms with Crippen molar-refractivity contribution in [3.8, 4) is 0 Å². The molecule has 0 saturated heterocycles. The van der Waals surface area contributed by atoms with Crippen LogP contribution in [-0.2, 0) is 24.0 Å². The normalized spacial score (nSPS) is 40.9. The third kappa shape index (κ3) is 2.94. The molecule has 0 aromatic carbocycles. The molecule has 4 rings (SSSR count). The monoisotopic (exact) mass is 456 g/mol. The zero-order valence-electron chi connectivity index (χ0n) is 20.7. The third-order valence-corrected chi connectivity index (χ3v) is 10.5. The minimum atomic E-state index is -1.06. The second-order valence-electron chi connectivity index (χ2n) is 12.3. The Bertz CT molecular complexity index is 1020. The van der Waals surface area contributed by atoms with Gasteiger partial charge in [-0.25, -0.2) is 0 Å². The number of hydrogen-bond acceptors (Lipinski definition) is 5. The highest BCUT2D eigenvalue weighted by Crippen LogP contribution is 2.69. The second kappa shape index (κ2) is 7.19. The Labute approximate surface area is 195 Å². The zero-order chi connectivity index (χ0) is 24.7. The molecule has 1 N–H and O–H groups in total. The van der Waals surface area contributed by atoms with Gasteiger partial charge < -0.3 is 5.11 Å². The Balaban J connectivity index is 1.86. The molecule has 0 unspecified atom stereocenters. The molecular weight excluding hydrogens is 420 g/mol. The maximum absolute atomic E-state index is 13.9. The Morgan fingerprint density at radius 3 is 2.21 bits per heavy atom. The van der Waals surface area contributed by atoms with Gasteiger partial charge in [-0.15, -0.1) is 0 Å². The highest BCUT2D eigenvalue weighted by molar-refractivity contribution is 6.16. The van der Waals surface area contributed by atoms with Gasteiger partial charge in [0.25, 0.3) is 0 Å². The zero-order valence-corrected chi connectivity index (χ0v) is 20.7. The van der Waals surface area contributed by atoms with Gasteiger partial charge in [0.1, 0.15) is 11.6 Å². The Morgan fingerprint density at radius 1 is 0.970 bits per heavy atom. The first kappa shape index (κ1) is 24.0. The van der Waals surface area contributed by atoms with Crippen molar-refractivity contribution in [3.05, 3.63) is 11.1 Å². The average molecular weight is 457 g/mol. The first-order chi connectivity index (χ1) is 15.1. The van der Waals surface area contributed by atoms with E-state index < -0.39 is 27.6 Å². The largest absolute Gasteiger partial charge is 0.481 e. The topological polar surface area (TPSA) is 106 Å². The lowest BCUT2D eigenvalue weighted by Gasteiger charge is -2.58. The fourth-order valence-corrected chi connectivity index (χ4v) is 8.19. The van der Waals surface area contributed by atoms with E-state index in [2.05, 4.69) is 0 Å². The minimum absolute atomic E-state index is 0.0151. The quantitative estimate of drug-likeness (QED) is 0.674. The number of carboxylic acids is 1. The van der Waals surface area contributed by atoms with E-state index in [0.717, 1.165) is 0 Å². The van der Waals surface area contributed by atoms with Gasteiger partial charge in [0.05, 0.1) is 5.41 Å². The third-order valence-electron chi connectivity index (χ3n) is 10.5. The maximum atomic E-state index is 13.9. The number of aliphatic carboxylic acids is 1. The van der Waals surface area contributed by atoms with Gasteiger partial charge in [0.2, 0.25) is 0 Å². The predicted octanol–water partition coefficient (Wildman–Crippen LogP) is 4.34. The first-order valence-electron chi connectivity index (χ1n) is 12.2. The molecular formula is C27H36O6. The summed E-state index contributed by atoms with van der Waals surface area (Å²) in [5, 5.41) is 9.14. The van der Waals surface area contributed by atoms with Crippen molar-refractivity contribution in [1.29, 1.82) is 0 Å². The molecule has 4 aliphatic rings. The number of carbonyl (C=O) groups is 5. The molecule has 0 aromatic rings. The Morgan fingerprint density at radius 2 is 1.61 bits per heavy atom. The molecule has 0 amide bonds. The summed E-state index contributed by atoms with van der Waals surface area (Å²) in [6.45, 7) is 11.6. The smallest absolute Gasteiger partial charge is 0.303 e. The van der Waals surface area contributed by atoms with E-state index in [9.17, 15) is 24.0 Å². The molecule has 2 saturated carbocycles. The number of Topliss-reactive ketones (excluding diaryl/α,β-unsaturated/α-hetero) is 4. The lowest BCUT2D eigenvalue weighted by atomic mass is 9.43. The van der Waals surface area contributed by atoms with Gasteiger partial charge in [-0.05, 0) is 42.9 Å². The molecule has 0 spiro atoms. The highest BCUT2D eigenvalue weighted by atomic mass is 16.4. The molecule has 4 aliphatic carbocycles. The van der Waals surface area contributed by atoms with Crippen LogP contribution in [0.15, 0.2) is 11.1 Å². The predicted molar refractivity (Wildman–Crippen MR) is 121 cm³/mol. The summed E-state index contributed by atoms with van der Waals surface area (Å²) < 4.78 is 0. The summed E-state index contributed by atoms with van der Waals surface area (Å²) in [6, 6.07) is 0. The molecule has 0 bridgehead atoms. The lowest BCUT2D eigenvalue weighted by molar-refractivity contribution is -0.147. The standard InChI is InChI=1S/C27H36O6/c1-14(7-8-21(32)33)15-11-20(31)27(6)23-16(28)12-18-24(2,3)19(30)9-10-25(18,4)22(23)17(29)13-26(15,27)5/h14-15,18H,7-13H2,1-6H3,(H,32,33)/t14-,15-,18-,25+,26-,27+/m1/s1. The molecule has 2 fully saturated rings. The lowest BCUT2D eigenvalue weighted by Crippen LogP contribution is -2.59. The molecule has 0 radical (unpaired) electrons. The van der Waals surface area contributed by atoms with E-state index in [4.69, 9.17) is 5.11 Å². The van der Waals surface area contributed by atoms with Gasteiger partial charge in [-0.3, -0.25) is 24.0 Å². The molecule has 6 atom stereocenters. The summed E-state index contributed by atoms with van der Waals surface area (Å²) in [5.74, 6) is -1.46. The van der Waals surface area contributed by atoms with Crippen molar-refractivity contribution in [1.82, 2.24) is 0 Å². The van der Waals surface area contributed by atoms with Crippen LogP contribution in [0.1, 0.15) is 86.5 Å². The summed E-state index contributed by atoms with van der Waals surface area (Å²) in [7, 11) is 0. The van der Waals surface area contributed by atoms with E-state index in [1.165, 1.54) is 0 Å². The van der Waals surface area contributed by atoms with E-state index in [0.29, 0.717) is 30.4 Å². The van der Waals surface area contributed by atoms with E-state index in [-0.39, 0.29) is 66.6 Å². The van der Waals surface area contributed by atoms with Crippen molar-refractivity contribution in [2.45, 2.75) is 86.5 Å². The fourth-order valence-electron chi connectivity index (χ4n) is 8.19. The van der Waals surface area contributed by atoms with Crippen molar-refractivity contribution >= 4 is 29.1 Å². The fraction of sp³-hybridized carbons (Fsp3) is 0.741. The van der Waals surface area contributed by atoms with Gasteiger partial charge in [0, 0.05) is 54.1 Å². The highest BCUT2D eigenvalue weighted by Gasteiger charge is 2.70. The average Bonchev–Trinajstić information content (AvgIpc) is 2.92. The van der Waals surface area contributed by atoms with Crippen LogP contribution in [0.25, 0.3) is 0 Å². The summed E-state index contributed by atoms with van der Waals surface area (Å²) >= 11 is 0. The van der Waals surface area contributed by atoms with Crippen LogP contribution in [0.5, 0.6) is 0 Å². The van der Waals surface area contributed by atoms with E-state index in [1.54, 1.807) is 0 Å². The molecule has 6 nitrogen and oxygen atoms in total. The summed E-state index contributed by atoms with van der Waals surface area (Å²) in [5.41, 5.74) is -2.17. The number of fused-ring (bicyclic) bond motifs is 4. The number of rotatable bonds is 4. The van der Waals surface area contributed by atoms with Crippen LogP contribution in [-0.4, -0.2) is 34.2 Å². The van der Waals surface area contributed by atoms with Crippen LogP contribution in [0.4, 0.5) is 0 Å². The van der Waals surface area contributed by atoms with Gasteiger partial charge in [0.15, 0.2) is 11.6 Å². The number of hydrogen-bond donors (Lipinski definition) is 1. The van der Waals surface area contributed by atoms with Crippen LogP contribution < -0.4 is 0 Å². The SMILES string of the molecule is C[C@H](CCC(=O)O)[C@H]1CC(=O)[C@@]2(C)C3=C(C(=O)C[C@]12C)[C@@]1(C)CCC(=O)C(C)(C)[C@H]1CC3=O. The van der Waals surface area contributed by atoms with E-state index in [1.807, 2.05) is 41.5 Å². The van der Waals surface area contributed by atoms with Crippen molar-refractivity contribution in [2.75, 3.05) is 0 Å². The minimum Gasteiger partial charge on any atom is -0.481 e. The number of carbonyl (C=O) groups excluding carboxylic acids is 4. The maximum Gasteiger partial charge on any atom is 0.303 e. The molecule has 0 aliphatic heterocycles. The number of allylic oxidation sites excluding steroid dienone is 2. The van der Waals surface area contributed by atoms with Crippen LogP contribution in [0.2, 0.25) is 0 Å². The van der Waals surface area contributed by atoms with Gasteiger partial charge in [-0.2, -0.15) is 0 Å². The molecule has 0 aromatic heterocycles. The molecule has 6 heteroatoms. The van der Waals surface area contributed by atoms with Crippen LogP contribution in [0.3, 0.4) is 0 Å². The van der Waals surface area contributed by atoms with Crippen molar-refractivity contribution in [2.24, 2.45) is 39.4 Å². The summed E-state index contributed by atoms with van der Waals surface area (Å²) in [4.78, 5) is 65.1. The van der Waals surface area contributed by atoms with Gasteiger partial charge in [-0.1, -0.05) is 34.6 Å². The molecule has 0 heterocycles. The van der Waals surface area contributed by atoms with Crippen molar-refractivity contribution in [3.63, 3.8) is 0 Å². The molecule has 33 heavy (non-hydrogen) atoms. The Hall–Kier alpha value is -2.11. The first-order valence-corrected chi connectivity index (χ1v) is 12.2. The summed E-state index contributed by atoms with van der Waals surface area (Å²) in [6.07, 6.45) is 1.96. The van der Waals surface area contributed by atoms with Crippen LogP contribution >= 0.6 is 0 Å². The van der Waals surface area contributed by atoms with Gasteiger partial charge >= 0.3 is 5.97 Å². The van der Waals surface area contributed by atoms with E-state index >= 15 is 0 Å². The Kier molecular flexibility index (Phi) is 5.24. The van der Waals surface area contributed by atoms with Crippen LogP contribution in [0, 0.1) is 39.4 Å².